The zero-order valence-corrected chi connectivity index (χ0v) is 8.43. The van der Waals surface area contributed by atoms with E-state index in [9.17, 15) is 18.0 Å². The molecule has 1 rings (SSSR count). The zero-order valence-electron chi connectivity index (χ0n) is 8.43. The van der Waals surface area contributed by atoms with Crippen LogP contribution in [0.2, 0.25) is 0 Å². The molecule has 0 spiro atoms. The van der Waals surface area contributed by atoms with E-state index in [1.165, 1.54) is 12.1 Å². The molecule has 1 nitrogen and oxygen atoms in total. The lowest BCUT2D eigenvalue weighted by atomic mass is 9.95. The van der Waals surface area contributed by atoms with Gasteiger partial charge in [0.25, 0.3) is 5.78 Å². The molecule has 82 valence electrons. The molecule has 0 N–H and O–H groups in total. The van der Waals surface area contributed by atoms with Crippen LogP contribution in [0.5, 0.6) is 0 Å². The van der Waals surface area contributed by atoms with E-state index in [0.29, 0.717) is 5.56 Å². The largest absolute Gasteiger partial charge is 0.454 e. The van der Waals surface area contributed by atoms with Gasteiger partial charge in [-0.25, -0.2) is 0 Å². The summed E-state index contributed by atoms with van der Waals surface area (Å²) in [6.45, 7) is 3.50. The molecule has 0 radical (unpaired) electrons. The van der Waals surface area contributed by atoms with Gasteiger partial charge < -0.3 is 0 Å². The summed E-state index contributed by atoms with van der Waals surface area (Å²) in [6, 6.07) is 5.82. The van der Waals surface area contributed by atoms with Gasteiger partial charge in [-0.15, -0.1) is 0 Å². The molecular weight excluding hydrogens is 205 g/mol. The Morgan fingerprint density at radius 3 is 2.20 bits per heavy atom. The van der Waals surface area contributed by atoms with E-state index in [1.807, 2.05) is 0 Å². The molecule has 0 aliphatic heterocycles. The highest BCUT2D eigenvalue weighted by molar-refractivity contribution is 6.01. The number of halogens is 3. The molecule has 1 aromatic carbocycles. The third-order valence-electron chi connectivity index (χ3n) is 2.08. The molecule has 0 saturated carbocycles. The normalized spacial score (nSPS) is 11.9. The zero-order chi connectivity index (χ0) is 11.6. The highest BCUT2D eigenvalue weighted by atomic mass is 19.4. The Balaban J connectivity index is 3.20. The van der Waals surface area contributed by atoms with Gasteiger partial charge in [-0.05, 0) is 11.5 Å². The average molecular weight is 216 g/mol. The maximum Gasteiger partial charge on any atom is 0.454 e. The summed E-state index contributed by atoms with van der Waals surface area (Å²) < 4.78 is 36.7. The van der Waals surface area contributed by atoms with Crippen LogP contribution >= 0.6 is 0 Å². The Morgan fingerprint density at radius 1 is 1.20 bits per heavy atom. The SMILES string of the molecule is CC(C)c1ccccc1C(=O)C(F)(F)F. The molecule has 0 unspecified atom stereocenters. The highest BCUT2D eigenvalue weighted by Gasteiger charge is 2.40. The van der Waals surface area contributed by atoms with E-state index in [-0.39, 0.29) is 11.5 Å². The van der Waals surface area contributed by atoms with Gasteiger partial charge in [-0.3, -0.25) is 4.79 Å². The first-order valence-electron chi connectivity index (χ1n) is 4.54. The smallest absolute Gasteiger partial charge is 0.284 e. The lowest BCUT2D eigenvalue weighted by Crippen LogP contribution is -2.24. The van der Waals surface area contributed by atoms with Crippen molar-refractivity contribution in [3.8, 4) is 0 Å². The molecule has 0 heterocycles. The van der Waals surface area contributed by atoms with Crippen molar-refractivity contribution in [1.82, 2.24) is 0 Å². The maximum atomic E-state index is 12.2. The second-order valence-corrected chi connectivity index (χ2v) is 3.57. The first kappa shape index (κ1) is 11.8. The van der Waals surface area contributed by atoms with Crippen molar-refractivity contribution >= 4 is 5.78 Å². The number of carbonyl (C=O) groups is 1. The van der Waals surface area contributed by atoms with E-state index >= 15 is 0 Å². The van der Waals surface area contributed by atoms with Crippen LogP contribution in [0.15, 0.2) is 24.3 Å². The van der Waals surface area contributed by atoms with Gasteiger partial charge in [0.2, 0.25) is 0 Å². The van der Waals surface area contributed by atoms with E-state index in [0.717, 1.165) is 0 Å². The fraction of sp³-hybridized carbons (Fsp3) is 0.364. The van der Waals surface area contributed by atoms with Crippen LogP contribution in [0, 0.1) is 0 Å². The summed E-state index contributed by atoms with van der Waals surface area (Å²) in [5, 5.41) is 0. The van der Waals surface area contributed by atoms with Crippen molar-refractivity contribution in [1.29, 1.82) is 0 Å². The van der Waals surface area contributed by atoms with Gasteiger partial charge in [0.05, 0.1) is 0 Å². The molecule has 0 atom stereocenters. The molecule has 0 aliphatic carbocycles. The van der Waals surface area contributed by atoms with Crippen molar-refractivity contribution in [3.05, 3.63) is 35.4 Å². The summed E-state index contributed by atoms with van der Waals surface area (Å²) >= 11 is 0. The molecule has 1 aromatic rings. The number of ketones is 1. The van der Waals surface area contributed by atoms with Gasteiger partial charge in [-0.2, -0.15) is 13.2 Å². The van der Waals surface area contributed by atoms with Crippen LogP contribution in [-0.2, 0) is 0 Å². The first-order valence-corrected chi connectivity index (χ1v) is 4.54. The number of hydrogen-bond donors (Lipinski definition) is 0. The number of Topliss-reactive ketones (excluding diaryl/α,β-unsaturated/α-hetero) is 1. The topological polar surface area (TPSA) is 17.1 Å². The van der Waals surface area contributed by atoms with Crippen molar-refractivity contribution < 1.29 is 18.0 Å². The van der Waals surface area contributed by atoms with Crippen LogP contribution in [0.4, 0.5) is 13.2 Å². The summed E-state index contributed by atoms with van der Waals surface area (Å²) in [5.41, 5.74) is 0.180. The summed E-state index contributed by atoms with van der Waals surface area (Å²) in [5.74, 6) is -1.88. The van der Waals surface area contributed by atoms with Crippen LogP contribution < -0.4 is 0 Å². The lowest BCUT2D eigenvalue weighted by molar-refractivity contribution is -0.0885. The van der Waals surface area contributed by atoms with Crippen molar-refractivity contribution in [3.63, 3.8) is 0 Å². The molecule has 0 aliphatic rings. The second kappa shape index (κ2) is 4.04. The lowest BCUT2D eigenvalue weighted by Gasteiger charge is -2.12. The second-order valence-electron chi connectivity index (χ2n) is 3.57. The molecule has 15 heavy (non-hydrogen) atoms. The maximum absolute atomic E-state index is 12.2. The Morgan fingerprint density at radius 2 is 1.73 bits per heavy atom. The van der Waals surface area contributed by atoms with Gasteiger partial charge >= 0.3 is 6.18 Å². The summed E-state index contributed by atoms with van der Waals surface area (Å²) in [6.07, 6.45) is -4.80. The number of rotatable bonds is 2. The fourth-order valence-corrected chi connectivity index (χ4v) is 1.36. The van der Waals surface area contributed by atoms with Gasteiger partial charge in [-0.1, -0.05) is 38.1 Å². The number of hydrogen-bond acceptors (Lipinski definition) is 1. The molecule has 0 amide bonds. The minimum atomic E-state index is -4.80. The van der Waals surface area contributed by atoms with Crippen LogP contribution in [-0.4, -0.2) is 12.0 Å². The molecule has 4 heteroatoms. The van der Waals surface area contributed by atoms with E-state index in [4.69, 9.17) is 0 Å². The quantitative estimate of drug-likeness (QED) is 0.691. The van der Waals surface area contributed by atoms with Crippen molar-refractivity contribution in [2.45, 2.75) is 25.9 Å². The van der Waals surface area contributed by atoms with E-state index < -0.39 is 12.0 Å². The first-order chi connectivity index (χ1) is 6.84. The predicted octanol–water partition coefficient (Wildman–Crippen LogP) is 3.56. The molecule has 0 fully saturated rings. The van der Waals surface area contributed by atoms with Crippen LogP contribution in [0.25, 0.3) is 0 Å². The monoisotopic (exact) mass is 216 g/mol. The minimum absolute atomic E-state index is 0.104. The number of carbonyl (C=O) groups excluding carboxylic acids is 1. The van der Waals surface area contributed by atoms with E-state index in [2.05, 4.69) is 0 Å². The third-order valence-corrected chi connectivity index (χ3v) is 2.08. The van der Waals surface area contributed by atoms with Crippen LogP contribution in [0.3, 0.4) is 0 Å². The minimum Gasteiger partial charge on any atom is -0.284 e. The highest BCUT2D eigenvalue weighted by Crippen LogP contribution is 2.26. The van der Waals surface area contributed by atoms with Crippen molar-refractivity contribution in [2.75, 3.05) is 0 Å². The molecule has 0 aromatic heterocycles. The van der Waals surface area contributed by atoms with Gasteiger partial charge in [0.1, 0.15) is 0 Å². The fourth-order valence-electron chi connectivity index (χ4n) is 1.36. The number of alkyl halides is 3. The predicted molar refractivity (Wildman–Crippen MR) is 50.9 cm³/mol. The van der Waals surface area contributed by atoms with E-state index in [1.54, 1.807) is 26.0 Å². The van der Waals surface area contributed by atoms with Gasteiger partial charge in [0, 0.05) is 5.56 Å². The Bertz CT molecular complexity index is 366. The van der Waals surface area contributed by atoms with Crippen molar-refractivity contribution in [2.24, 2.45) is 0 Å². The molecular formula is C11H11F3O. The summed E-state index contributed by atoms with van der Waals surface area (Å²) in [4.78, 5) is 11.1. The van der Waals surface area contributed by atoms with Crippen LogP contribution in [0.1, 0.15) is 35.7 Å². The average Bonchev–Trinajstić information content (AvgIpc) is 2.15. The number of benzene rings is 1. The molecule has 0 saturated heterocycles. The Kier molecular flexibility index (Phi) is 3.17. The van der Waals surface area contributed by atoms with Gasteiger partial charge in [0.15, 0.2) is 0 Å². The Hall–Kier alpha value is -1.32. The summed E-state index contributed by atoms with van der Waals surface area (Å²) in [7, 11) is 0. The standard InChI is InChI=1S/C11H11F3O/c1-7(2)8-5-3-4-6-9(8)10(15)11(12,13)14/h3-7H,1-2H3. The third kappa shape index (κ3) is 2.58. The Labute approximate surface area is 85.9 Å². The molecule has 0 bridgehead atoms.